The zero-order valence-electron chi connectivity index (χ0n) is 12.0. The molecule has 1 unspecified atom stereocenters. The van der Waals surface area contributed by atoms with Gasteiger partial charge in [-0.2, -0.15) is 0 Å². The van der Waals surface area contributed by atoms with E-state index < -0.39 is 5.60 Å². The minimum Gasteiger partial charge on any atom is -0.465 e. The Labute approximate surface area is 110 Å². The van der Waals surface area contributed by atoms with E-state index in [2.05, 4.69) is 9.80 Å². The Morgan fingerprint density at radius 2 is 1.89 bits per heavy atom. The molecule has 1 rings (SSSR count). The number of esters is 1. The highest BCUT2D eigenvalue weighted by atomic mass is 16.5. The number of ether oxygens (including phenoxy) is 1. The quantitative estimate of drug-likeness (QED) is 0.720. The minimum absolute atomic E-state index is 0.145. The second-order valence-electron chi connectivity index (χ2n) is 5.55. The van der Waals surface area contributed by atoms with Crippen molar-refractivity contribution in [3.8, 4) is 0 Å². The number of aliphatic hydroxyl groups is 1. The maximum atomic E-state index is 11.6. The first-order valence-corrected chi connectivity index (χ1v) is 6.69. The summed E-state index contributed by atoms with van der Waals surface area (Å²) in [6.07, 6.45) is 0. The first kappa shape index (κ1) is 15.4. The summed E-state index contributed by atoms with van der Waals surface area (Å²) < 4.78 is 5.03. The van der Waals surface area contributed by atoms with Crippen LogP contribution >= 0.6 is 0 Å². The maximum Gasteiger partial charge on any atom is 0.323 e. The van der Waals surface area contributed by atoms with Gasteiger partial charge in [0.1, 0.15) is 6.04 Å². The van der Waals surface area contributed by atoms with Crippen LogP contribution in [0.4, 0.5) is 0 Å². The number of nitrogens with zero attached hydrogens (tertiary/aromatic N) is 2. The third-order valence-corrected chi connectivity index (χ3v) is 3.19. The minimum atomic E-state index is -0.658. The van der Waals surface area contributed by atoms with Gasteiger partial charge in [-0.25, -0.2) is 0 Å². The third kappa shape index (κ3) is 4.92. The number of carbonyl (C=O) groups excluding carboxylic acids is 1. The van der Waals surface area contributed by atoms with Crippen molar-refractivity contribution in [2.75, 3.05) is 39.3 Å². The molecule has 1 atom stereocenters. The van der Waals surface area contributed by atoms with Crippen LogP contribution in [0, 0.1) is 0 Å². The molecule has 1 heterocycles. The second kappa shape index (κ2) is 6.50. The molecule has 5 nitrogen and oxygen atoms in total. The van der Waals surface area contributed by atoms with Gasteiger partial charge in [-0.05, 0) is 27.7 Å². The molecule has 1 fully saturated rings. The zero-order valence-corrected chi connectivity index (χ0v) is 12.0. The molecule has 1 aliphatic heterocycles. The van der Waals surface area contributed by atoms with Gasteiger partial charge in [0.25, 0.3) is 0 Å². The highest BCUT2D eigenvalue weighted by Crippen LogP contribution is 2.11. The molecule has 0 spiro atoms. The average Bonchev–Trinajstić information content (AvgIpc) is 2.27. The molecule has 0 radical (unpaired) electrons. The molecule has 0 aromatic heterocycles. The van der Waals surface area contributed by atoms with E-state index in [4.69, 9.17) is 4.74 Å². The van der Waals surface area contributed by atoms with Crippen molar-refractivity contribution in [1.29, 1.82) is 0 Å². The SMILES string of the molecule is CCOC(=O)C(C)N1CCN(CC(C)(C)O)CC1. The molecule has 1 N–H and O–H groups in total. The molecule has 1 aliphatic rings. The van der Waals surface area contributed by atoms with Crippen LogP contribution in [0.25, 0.3) is 0 Å². The fourth-order valence-corrected chi connectivity index (χ4v) is 2.27. The smallest absolute Gasteiger partial charge is 0.323 e. The van der Waals surface area contributed by atoms with Gasteiger partial charge in [0, 0.05) is 32.7 Å². The van der Waals surface area contributed by atoms with Gasteiger partial charge in [-0.15, -0.1) is 0 Å². The number of hydrogen-bond donors (Lipinski definition) is 1. The van der Waals surface area contributed by atoms with Crippen molar-refractivity contribution >= 4 is 5.97 Å². The first-order valence-electron chi connectivity index (χ1n) is 6.69. The molecule has 0 aliphatic carbocycles. The normalized spacial score (nSPS) is 20.7. The first-order chi connectivity index (χ1) is 8.33. The molecule has 0 aromatic carbocycles. The largest absolute Gasteiger partial charge is 0.465 e. The molecule has 106 valence electrons. The molecule has 0 amide bonds. The number of piperazine rings is 1. The van der Waals surface area contributed by atoms with E-state index in [-0.39, 0.29) is 12.0 Å². The van der Waals surface area contributed by atoms with Gasteiger partial charge in [0.15, 0.2) is 0 Å². The summed E-state index contributed by atoms with van der Waals surface area (Å²) in [6, 6.07) is -0.172. The predicted molar refractivity (Wildman–Crippen MR) is 70.4 cm³/mol. The monoisotopic (exact) mass is 258 g/mol. The van der Waals surface area contributed by atoms with E-state index >= 15 is 0 Å². The van der Waals surface area contributed by atoms with Crippen LogP contribution in [0.1, 0.15) is 27.7 Å². The predicted octanol–water partition coefficient (Wildman–Crippen LogP) is 0.327. The standard InChI is InChI=1S/C13H26N2O3/c1-5-18-12(16)11(2)15-8-6-14(7-9-15)10-13(3,4)17/h11,17H,5-10H2,1-4H3. The molecule has 0 saturated carbocycles. The number of rotatable bonds is 5. The summed E-state index contributed by atoms with van der Waals surface area (Å²) in [5.74, 6) is -0.145. The Morgan fingerprint density at radius 1 is 1.33 bits per heavy atom. The van der Waals surface area contributed by atoms with Crippen LogP contribution in [0.2, 0.25) is 0 Å². The summed E-state index contributed by atoms with van der Waals surface area (Å²) in [5, 5.41) is 9.77. The van der Waals surface area contributed by atoms with Crippen molar-refractivity contribution < 1.29 is 14.6 Å². The molecule has 0 aromatic rings. The lowest BCUT2D eigenvalue weighted by atomic mass is 10.1. The third-order valence-electron chi connectivity index (χ3n) is 3.19. The van der Waals surface area contributed by atoms with Gasteiger partial charge in [0.05, 0.1) is 12.2 Å². The number of carbonyl (C=O) groups is 1. The van der Waals surface area contributed by atoms with Gasteiger partial charge in [-0.3, -0.25) is 14.6 Å². The van der Waals surface area contributed by atoms with E-state index in [0.717, 1.165) is 26.2 Å². The zero-order chi connectivity index (χ0) is 13.8. The maximum absolute atomic E-state index is 11.6. The highest BCUT2D eigenvalue weighted by molar-refractivity contribution is 5.75. The molecule has 18 heavy (non-hydrogen) atoms. The molecular formula is C13H26N2O3. The van der Waals surface area contributed by atoms with Crippen molar-refractivity contribution in [3.63, 3.8) is 0 Å². The van der Waals surface area contributed by atoms with E-state index in [0.29, 0.717) is 13.2 Å². The molecular weight excluding hydrogens is 232 g/mol. The van der Waals surface area contributed by atoms with Crippen LogP contribution in [0.15, 0.2) is 0 Å². The van der Waals surface area contributed by atoms with Crippen molar-refractivity contribution in [1.82, 2.24) is 9.80 Å². The Hall–Kier alpha value is -0.650. The van der Waals surface area contributed by atoms with Crippen molar-refractivity contribution in [2.24, 2.45) is 0 Å². The summed E-state index contributed by atoms with van der Waals surface area (Å²) in [5.41, 5.74) is -0.658. The molecule has 0 bridgehead atoms. The highest BCUT2D eigenvalue weighted by Gasteiger charge is 2.28. The van der Waals surface area contributed by atoms with E-state index in [9.17, 15) is 9.90 Å². The lowest BCUT2D eigenvalue weighted by molar-refractivity contribution is -0.149. The second-order valence-corrected chi connectivity index (χ2v) is 5.55. The molecule has 1 saturated heterocycles. The van der Waals surface area contributed by atoms with Crippen LogP contribution in [0.3, 0.4) is 0 Å². The van der Waals surface area contributed by atoms with Crippen LogP contribution in [0.5, 0.6) is 0 Å². The Kier molecular flexibility index (Phi) is 5.56. The molecule has 5 heteroatoms. The summed E-state index contributed by atoms with van der Waals surface area (Å²) in [7, 11) is 0. The van der Waals surface area contributed by atoms with E-state index in [1.54, 1.807) is 0 Å². The van der Waals surface area contributed by atoms with Crippen LogP contribution in [-0.2, 0) is 9.53 Å². The number of hydrogen-bond acceptors (Lipinski definition) is 5. The van der Waals surface area contributed by atoms with E-state index in [1.807, 2.05) is 27.7 Å². The summed E-state index contributed by atoms with van der Waals surface area (Å²) in [6.45, 7) is 11.9. The Bertz CT molecular complexity index is 268. The van der Waals surface area contributed by atoms with E-state index in [1.165, 1.54) is 0 Å². The van der Waals surface area contributed by atoms with Crippen molar-refractivity contribution in [3.05, 3.63) is 0 Å². The Morgan fingerprint density at radius 3 is 2.33 bits per heavy atom. The van der Waals surface area contributed by atoms with Gasteiger partial charge >= 0.3 is 5.97 Å². The summed E-state index contributed by atoms with van der Waals surface area (Å²) in [4.78, 5) is 16.0. The number of β-amino-alcohol motifs (C(OH)–C–C–N with tert-alkyl or cyclic N) is 1. The van der Waals surface area contributed by atoms with Gasteiger partial charge < -0.3 is 9.84 Å². The summed E-state index contributed by atoms with van der Waals surface area (Å²) >= 11 is 0. The van der Waals surface area contributed by atoms with Crippen LogP contribution < -0.4 is 0 Å². The van der Waals surface area contributed by atoms with Gasteiger partial charge in [-0.1, -0.05) is 0 Å². The fourth-order valence-electron chi connectivity index (χ4n) is 2.27. The Balaban J connectivity index is 2.37. The topological polar surface area (TPSA) is 53.0 Å². The lowest BCUT2D eigenvalue weighted by Crippen LogP contribution is -2.54. The van der Waals surface area contributed by atoms with Gasteiger partial charge in [0.2, 0.25) is 0 Å². The lowest BCUT2D eigenvalue weighted by Gasteiger charge is -2.39. The average molecular weight is 258 g/mol. The fraction of sp³-hybridized carbons (Fsp3) is 0.923. The van der Waals surface area contributed by atoms with Crippen LogP contribution in [-0.4, -0.2) is 71.8 Å². The van der Waals surface area contributed by atoms with Crippen molar-refractivity contribution in [2.45, 2.75) is 39.3 Å².